The van der Waals surface area contributed by atoms with Crippen LogP contribution < -0.4 is 9.47 Å². The summed E-state index contributed by atoms with van der Waals surface area (Å²) in [5, 5.41) is 0. The van der Waals surface area contributed by atoms with Gasteiger partial charge >= 0.3 is 0 Å². The minimum Gasteiger partial charge on any atom is -0.493 e. The van der Waals surface area contributed by atoms with Crippen LogP contribution in [0, 0.1) is 11.8 Å². The predicted molar refractivity (Wildman–Crippen MR) is 72.9 cm³/mol. The van der Waals surface area contributed by atoms with Gasteiger partial charge in [-0.15, -0.1) is 0 Å². The molecule has 3 heteroatoms. The molecule has 3 aliphatic rings. The Morgan fingerprint density at radius 3 is 2.53 bits per heavy atom. The second-order valence-corrected chi connectivity index (χ2v) is 5.70. The average molecular weight is 260 g/mol. The van der Waals surface area contributed by atoms with Crippen LogP contribution in [0.1, 0.15) is 42.5 Å². The third kappa shape index (κ3) is 2.46. The molecule has 0 aromatic heterocycles. The molecule has 3 aliphatic carbocycles. The molecule has 0 unspecified atom stereocenters. The number of aldehydes is 1. The van der Waals surface area contributed by atoms with Gasteiger partial charge in [-0.3, -0.25) is 4.79 Å². The number of methoxy groups -OCH3 is 1. The van der Waals surface area contributed by atoms with Crippen LogP contribution in [0.25, 0.3) is 0 Å². The number of carbonyl (C=O) groups excluding carboxylic acids is 1. The van der Waals surface area contributed by atoms with Crippen molar-refractivity contribution in [3.05, 3.63) is 23.8 Å². The highest BCUT2D eigenvalue weighted by Gasteiger charge is 2.37. The molecule has 102 valence electrons. The largest absolute Gasteiger partial charge is 0.493 e. The van der Waals surface area contributed by atoms with Crippen LogP contribution in [0.15, 0.2) is 18.2 Å². The normalized spacial score (nSPS) is 29.0. The number of ether oxygens (including phenoxy) is 2. The van der Waals surface area contributed by atoms with Crippen molar-refractivity contribution in [2.24, 2.45) is 11.8 Å². The fraction of sp³-hybridized carbons (Fsp3) is 0.562. The van der Waals surface area contributed by atoms with E-state index in [9.17, 15) is 4.79 Å². The lowest BCUT2D eigenvalue weighted by Crippen LogP contribution is -2.38. The highest BCUT2D eigenvalue weighted by molar-refractivity contribution is 5.76. The van der Waals surface area contributed by atoms with Gasteiger partial charge in [0.05, 0.1) is 7.11 Å². The van der Waals surface area contributed by atoms with E-state index < -0.39 is 0 Å². The van der Waals surface area contributed by atoms with Gasteiger partial charge in [-0.25, -0.2) is 0 Å². The van der Waals surface area contributed by atoms with E-state index in [-0.39, 0.29) is 0 Å². The van der Waals surface area contributed by atoms with E-state index in [4.69, 9.17) is 9.47 Å². The van der Waals surface area contributed by atoms with Crippen LogP contribution in [0.4, 0.5) is 0 Å². The van der Waals surface area contributed by atoms with Crippen molar-refractivity contribution < 1.29 is 14.3 Å². The topological polar surface area (TPSA) is 35.5 Å². The van der Waals surface area contributed by atoms with Gasteiger partial charge in [0.1, 0.15) is 12.4 Å². The first-order valence-corrected chi connectivity index (χ1v) is 7.10. The zero-order chi connectivity index (χ0) is 13.2. The lowest BCUT2D eigenvalue weighted by Gasteiger charge is -2.42. The summed E-state index contributed by atoms with van der Waals surface area (Å²) >= 11 is 0. The number of rotatable bonds is 4. The summed E-state index contributed by atoms with van der Waals surface area (Å²) in [7, 11) is 1.63. The summed E-state index contributed by atoms with van der Waals surface area (Å²) in [6.07, 6.45) is 7.57. The van der Waals surface area contributed by atoms with Gasteiger partial charge in [-0.2, -0.15) is 0 Å². The van der Waals surface area contributed by atoms with Crippen LogP contribution in [-0.4, -0.2) is 19.5 Å². The van der Waals surface area contributed by atoms with Crippen molar-refractivity contribution in [3.63, 3.8) is 0 Å². The second kappa shape index (κ2) is 5.24. The van der Waals surface area contributed by atoms with E-state index in [2.05, 4.69) is 0 Å². The van der Waals surface area contributed by atoms with Gasteiger partial charge in [0.25, 0.3) is 0 Å². The van der Waals surface area contributed by atoms with E-state index in [0.717, 1.165) is 18.6 Å². The van der Waals surface area contributed by atoms with Crippen molar-refractivity contribution in [2.45, 2.75) is 38.2 Å². The lowest BCUT2D eigenvalue weighted by molar-refractivity contribution is 0.0185. The molecule has 1 atom stereocenters. The molecule has 1 aromatic rings. The summed E-state index contributed by atoms with van der Waals surface area (Å²) < 4.78 is 11.5. The van der Waals surface area contributed by atoms with Gasteiger partial charge in [-0.05, 0) is 62.1 Å². The van der Waals surface area contributed by atoms with Gasteiger partial charge < -0.3 is 9.47 Å². The Balaban J connectivity index is 1.80. The van der Waals surface area contributed by atoms with E-state index in [1.54, 1.807) is 25.3 Å². The van der Waals surface area contributed by atoms with Crippen molar-refractivity contribution in [1.29, 1.82) is 0 Å². The maximum absolute atomic E-state index is 10.9. The summed E-state index contributed by atoms with van der Waals surface area (Å²) in [6, 6.07) is 5.35. The molecule has 0 heterocycles. The van der Waals surface area contributed by atoms with Crippen LogP contribution in [0.3, 0.4) is 0 Å². The summed E-state index contributed by atoms with van der Waals surface area (Å²) in [6.45, 7) is 0. The molecule has 3 saturated carbocycles. The lowest BCUT2D eigenvalue weighted by atomic mass is 9.69. The van der Waals surface area contributed by atoms with Crippen molar-refractivity contribution in [2.75, 3.05) is 7.11 Å². The third-order valence-corrected chi connectivity index (χ3v) is 4.58. The highest BCUT2D eigenvalue weighted by atomic mass is 16.5. The van der Waals surface area contributed by atoms with Crippen molar-refractivity contribution >= 4 is 6.29 Å². The van der Waals surface area contributed by atoms with Crippen LogP contribution in [-0.2, 0) is 0 Å². The van der Waals surface area contributed by atoms with Crippen molar-refractivity contribution in [1.82, 2.24) is 0 Å². The SMILES string of the molecule is COc1ccc(C=O)cc1O[C@H]1CC2CCC1CC2. The number of carbonyl (C=O) groups is 1. The second-order valence-electron chi connectivity index (χ2n) is 5.70. The first-order chi connectivity index (χ1) is 9.30. The molecule has 4 rings (SSSR count). The van der Waals surface area contributed by atoms with E-state index in [1.807, 2.05) is 0 Å². The van der Waals surface area contributed by atoms with Gasteiger partial charge in [-0.1, -0.05) is 0 Å². The predicted octanol–water partition coefficient (Wildman–Crippen LogP) is 3.47. The zero-order valence-electron chi connectivity index (χ0n) is 11.3. The smallest absolute Gasteiger partial charge is 0.162 e. The fourth-order valence-corrected chi connectivity index (χ4v) is 3.48. The fourth-order valence-electron chi connectivity index (χ4n) is 3.48. The average Bonchev–Trinajstić information content (AvgIpc) is 2.48. The van der Waals surface area contributed by atoms with Gasteiger partial charge in [0.15, 0.2) is 11.5 Å². The van der Waals surface area contributed by atoms with Gasteiger partial charge in [0.2, 0.25) is 0 Å². The maximum Gasteiger partial charge on any atom is 0.162 e. The number of hydrogen-bond donors (Lipinski definition) is 0. The van der Waals surface area contributed by atoms with Crippen molar-refractivity contribution in [3.8, 4) is 11.5 Å². The van der Waals surface area contributed by atoms with E-state index in [0.29, 0.717) is 29.1 Å². The molecule has 0 radical (unpaired) electrons. The molecule has 0 saturated heterocycles. The molecule has 3 nitrogen and oxygen atoms in total. The summed E-state index contributed by atoms with van der Waals surface area (Å²) in [5.41, 5.74) is 0.636. The first kappa shape index (κ1) is 12.5. The molecule has 2 bridgehead atoms. The summed E-state index contributed by atoms with van der Waals surface area (Å²) in [4.78, 5) is 10.9. The molecule has 3 fully saturated rings. The Morgan fingerprint density at radius 1 is 1.16 bits per heavy atom. The molecule has 0 amide bonds. The van der Waals surface area contributed by atoms with Crippen LogP contribution >= 0.6 is 0 Å². The molecular weight excluding hydrogens is 240 g/mol. The number of benzene rings is 1. The van der Waals surface area contributed by atoms with E-state index in [1.165, 1.54) is 25.7 Å². The highest BCUT2D eigenvalue weighted by Crippen LogP contribution is 2.43. The molecule has 0 spiro atoms. The number of fused-ring (bicyclic) bond motifs is 3. The van der Waals surface area contributed by atoms with Gasteiger partial charge in [0, 0.05) is 5.56 Å². The summed E-state index contributed by atoms with van der Waals surface area (Å²) in [5.74, 6) is 2.93. The molecular formula is C16H20O3. The Kier molecular flexibility index (Phi) is 3.45. The monoisotopic (exact) mass is 260 g/mol. The zero-order valence-corrected chi connectivity index (χ0v) is 11.3. The third-order valence-electron chi connectivity index (χ3n) is 4.58. The van der Waals surface area contributed by atoms with E-state index >= 15 is 0 Å². The first-order valence-electron chi connectivity index (χ1n) is 7.10. The molecule has 1 aromatic carbocycles. The Hall–Kier alpha value is -1.51. The minimum atomic E-state index is 0.295. The Bertz CT molecular complexity index is 461. The molecule has 19 heavy (non-hydrogen) atoms. The molecule has 0 aliphatic heterocycles. The number of hydrogen-bond acceptors (Lipinski definition) is 3. The molecule has 0 N–H and O–H groups in total. The quantitative estimate of drug-likeness (QED) is 0.778. The van der Waals surface area contributed by atoms with Crippen LogP contribution in [0.5, 0.6) is 11.5 Å². The van der Waals surface area contributed by atoms with Crippen LogP contribution in [0.2, 0.25) is 0 Å². The standard InChI is InChI=1S/C16H20O3/c1-18-14-7-4-12(10-17)9-16(14)19-15-8-11-2-5-13(15)6-3-11/h4,7,9-11,13,15H,2-3,5-6,8H2,1H3/t11?,13?,15-/m0/s1. The maximum atomic E-state index is 10.9. The Morgan fingerprint density at radius 2 is 1.95 bits per heavy atom. The Labute approximate surface area is 113 Å². The minimum absolute atomic E-state index is 0.295.